The number of hydrogen-bond acceptors (Lipinski definition) is 4. The number of carbonyl (C=O) groups is 2. The van der Waals surface area contributed by atoms with Gasteiger partial charge in [-0.15, -0.1) is 0 Å². The quantitative estimate of drug-likeness (QED) is 0.815. The number of hydrogen-bond donors (Lipinski definition) is 2. The van der Waals surface area contributed by atoms with Crippen LogP contribution in [0, 0.1) is 0 Å². The molecule has 2 aromatic carbocycles. The fraction of sp³-hybridized carbons (Fsp3) is 0.118. The van der Waals surface area contributed by atoms with E-state index in [0.29, 0.717) is 26.6 Å². The zero-order valence-corrected chi connectivity index (χ0v) is 15.2. The van der Waals surface area contributed by atoms with E-state index in [1.807, 2.05) is 6.07 Å². The van der Waals surface area contributed by atoms with Crippen LogP contribution in [-0.2, 0) is 9.59 Å². The van der Waals surface area contributed by atoms with E-state index >= 15 is 0 Å². The summed E-state index contributed by atoms with van der Waals surface area (Å²) in [4.78, 5) is 28.5. The van der Waals surface area contributed by atoms with E-state index in [1.54, 1.807) is 42.5 Å². The molecule has 0 bridgehead atoms. The molecule has 1 atom stereocenters. The van der Waals surface area contributed by atoms with E-state index in [-0.39, 0.29) is 18.2 Å². The molecule has 1 saturated heterocycles. The summed E-state index contributed by atoms with van der Waals surface area (Å²) >= 11 is 13.1. The minimum absolute atomic E-state index is 0.0423. The van der Waals surface area contributed by atoms with Crippen LogP contribution in [0.4, 0.5) is 11.4 Å². The number of carbonyl (C=O) groups excluding carboxylic acids is 2. The number of para-hydroxylation sites is 1. The predicted molar refractivity (Wildman–Crippen MR) is 103 cm³/mol. The van der Waals surface area contributed by atoms with Gasteiger partial charge in [-0.1, -0.05) is 47.1 Å². The topological polar surface area (TPSA) is 70.6 Å². The molecule has 0 saturated carbocycles. The average Bonchev–Trinajstić information content (AvgIpc) is 2.91. The van der Waals surface area contributed by atoms with Crippen molar-refractivity contribution in [3.05, 3.63) is 58.6 Å². The first-order chi connectivity index (χ1) is 12.0. The number of rotatable bonds is 4. The molecule has 0 spiro atoms. The molecule has 5 nitrogen and oxygen atoms in total. The molecule has 1 aliphatic rings. The molecule has 1 aliphatic heterocycles. The number of aliphatic imine (C=N–C) groups is 1. The molecule has 3 rings (SSSR count). The highest BCUT2D eigenvalue weighted by atomic mass is 35.5. The van der Waals surface area contributed by atoms with Crippen LogP contribution in [0.3, 0.4) is 0 Å². The van der Waals surface area contributed by atoms with Gasteiger partial charge in [0.15, 0.2) is 5.17 Å². The van der Waals surface area contributed by atoms with Gasteiger partial charge in [-0.05, 0) is 36.4 Å². The third-order valence-corrected chi connectivity index (χ3v) is 5.00. The van der Waals surface area contributed by atoms with Crippen LogP contribution in [0.1, 0.15) is 6.42 Å². The average molecular weight is 394 g/mol. The molecule has 2 amide bonds. The Hall–Kier alpha value is -2.02. The van der Waals surface area contributed by atoms with E-state index < -0.39 is 5.25 Å². The van der Waals surface area contributed by atoms with Crippen LogP contribution in [0.2, 0.25) is 10.0 Å². The Labute approximate surface area is 158 Å². The summed E-state index contributed by atoms with van der Waals surface area (Å²) in [5, 5.41) is 6.39. The number of thioether (sulfide) groups is 1. The Kier molecular flexibility index (Phi) is 5.63. The summed E-state index contributed by atoms with van der Waals surface area (Å²) in [6.07, 6.45) is 0.0423. The fourth-order valence-electron chi connectivity index (χ4n) is 2.16. The van der Waals surface area contributed by atoms with Crippen molar-refractivity contribution in [2.45, 2.75) is 11.7 Å². The number of benzene rings is 2. The van der Waals surface area contributed by atoms with E-state index in [2.05, 4.69) is 15.6 Å². The zero-order valence-electron chi connectivity index (χ0n) is 12.8. The van der Waals surface area contributed by atoms with Gasteiger partial charge in [-0.2, -0.15) is 0 Å². The van der Waals surface area contributed by atoms with Gasteiger partial charge in [0.05, 0.1) is 10.7 Å². The molecule has 2 N–H and O–H groups in total. The number of amides is 2. The largest absolute Gasteiger partial charge is 0.326 e. The monoisotopic (exact) mass is 393 g/mol. The minimum Gasteiger partial charge on any atom is -0.326 e. The molecule has 128 valence electrons. The fourth-order valence-corrected chi connectivity index (χ4v) is 3.44. The summed E-state index contributed by atoms with van der Waals surface area (Å²) in [7, 11) is 0. The molecule has 8 heteroatoms. The van der Waals surface area contributed by atoms with Crippen molar-refractivity contribution in [1.82, 2.24) is 5.32 Å². The highest BCUT2D eigenvalue weighted by Gasteiger charge is 2.32. The smallest absolute Gasteiger partial charge is 0.240 e. The van der Waals surface area contributed by atoms with Crippen molar-refractivity contribution in [3.8, 4) is 0 Å². The van der Waals surface area contributed by atoms with E-state index in [0.717, 1.165) is 0 Å². The maximum absolute atomic E-state index is 12.1. The van der Waals surface area contributed by atoms with Gasteiger partial charge >= 0.3 is 0 Å². The van der Waals surface area contributed by atoms with Crippen molar-refractivity contribution in [2.24, 2.45) is 4.99 Å². The van der Waals surface area contributed by atoms with Gasteiger partial charge in [0.2, 0.25) is 11.8 Å². The first-order valence-corrected chi connectivity index (χ1v) is 9.01. The Morgan fingerprint density at radius 1 is 1.16 bits per heavy atom. The van der Waals surface area contributed by atoms with E-state index in [1.165, 1.54) is 11.8 Å². The maximum atomic E-state index is 12.1. The summed E-state index contributed by atoms with van der Waals surface area (Å²) < 4.78 is 0. The summed E-state index contributed by atoms with van der Waals surface area (Å²) in [6.45, 7) is 0. The molecule has 0 aromatic heterocycles. The first kappa shape index (κ1) is 17.8. The van der Waals surface area contributed by atoms with Crippen LogP contribution in [-0.4, -0.2) is 22.2 Å². The highest BCUT2D eigenvalue weighted by molar-refractivity contribution is 8.15. The molecule has 0 aliphatic carbocycles. The second-order valence-corrected chi connectivity index (χ2v) is 7.26. The second-order valence-electron chi connectivity index (χ2n) is 5.22. The van der Waals surface area contributed by atoms with Gasteiger partial charge in [-0.3, -0.25) is 9.59 Å². The Balaban J connectivity index is 1.62. The Morgan fingerprint density at radius 3 is 2.60 bits per heavy atom. The molecule has 25 heavy (non-hydrogen) atoms. The lowest BCUT2D eigenvalue weighted by Crippen LogP contribution is -2.28. The highest BCUT2D eigenvalue weighted by Crippen LogP contribution is 2.29. The van der Waals surface area contributed by atoms with E-state index in [9.17, 15) is 9.59 Å². The summed E-state index contributed by atoms with van der Waals surface area (Å²) in [5.74, 6) is -0.504. The van der Waals surface area contributed by atoms with Gasteiger partial charge in [0.25, 0.3) is 0 Å². The molecule has 0 radical (unpaired) electrons. The molecule has 1 fully saturated rings. The first-order valence-electron chi connectivity index (χ1n) is 7.37. The lowest BCUT2D eigenvalue weighted by Gasteiger charge is -2.07. The SMILES string of the molecule is O=C(C[C@H]1SC(=Nc2ccccc2Cl)NC1=O)Nc1ccc(Cl)cc1. The molecular weight excluding hydrogens is 381 g/mol. The Morgan fingerprint density at radius 2 is 1.88 bits per heavy atom. The minimum atomic E-state index is -0.534. The van der Waals surface area contributed by atoms with Gasteiger partial charge in [0.1, 0.15) is 5.25 Å². The van der Waals surface area contributed by atoms with Crippen molar-refractivity contribution >= 4 is 63.3 Å². The predicted octanol–water partition coefficient (Wildman–Crippen LogP) is 4.24. The van der Waals surface area contributed by atoms with Crippen LogP contribution in [0.15, 0.2) is 53.5 Å². The van der Waals surface area contributed by atoms with Crippen LogP contribution < -0.4 is 10.6 Å². The van der Waals surface area contributed by atoms with Gasteiger partial charge < -0.3 is 10.6 Å². The van der Waals surface area contributed by atoms with Crippen molar-refractivity contribution in [1.29, 1.82) is 0 Å². The third-order valence-electron chi connectivity index (χ3n) is 3.35. The van der Waals surface area contributed by atoms with Crippen molar-refractivity contribution < 1.29 is 9.59 Å². The molecule has 0 unspecified atom stereocenters. The van der Waals surface area contributed by atoms with Crippen molar-refractivity contribution in [2.75, 3.05) is 5.32 Å². The summed E-state index contributed by atoms with van der Waals surface area (Å²) in [5.41, 5.74) is 1.20. The third kappa shape index (κ3) is 4.75. The number of amidine groups is 1. The van der Waals surface area contributed by atoms with Crippen LogP contribution in [0.25, 0.3) is 0 Å². The lowest BCUT2D eigenvalue weighted by atomic mass is 10.2. The number of nitrogens with one attached hydrogen (secondary N) is 2. The van der Waals surface area contributed by atoms with E-state index in [4.69, 9.17) is 23.2 Å². The number of anilines is 1. The second kappa shape index (κ2) is 7.91. The number of halogens is 2. The zero-order chi connectivity index (χ0) is 17.8. The summed E-state index contributed by atoms with van der Waals surface area (Å²) in [6, 6.07) is 13.9. The van der Waals surface area contributed by atoms with Crippen LogP contribution >= 0.6 is 35.0 Å². The standard InChI is InChI=1S/C17H13Cl2N3O2S/c18-10-5-7-11(8-6-10)20-15(23)9-14-16(24)22-17(25-14)21-13-4-2-1-3-12(13)19/h1-8,14H,9H2,(H,20,23)(H,21,22,24)/t14-/m1/s1. The molecule has 1 heterocycles. The molecule has 2 aromatic rings. The number of nitrogens with zero attached hydrogens (tertiary/aromatic N) is 1. The normalized spacial score (nSPS) is 18.2. The van der Waals surface area contributed by atoms with Crippen molar-refractivity contribution in [3.63, 3.8) is 0 Å². The Bertz CT molecular complexity index is 840. The molecular formula is C17H13Cl2N3O2S. The maximum Gasteiger partial charge on any atom is 0.240 e. The van der Waals surface area contributed by atoms with Gasteiger partial charge in [-0.25, -0.2) is 4.99 Å². The van der Waals surface area contributed by atoms with Gasteiger partial charge in [0, 0.05) is 17.1 Å². The lowest BCUT2D eigenvalue weighted by molar-refractivity contribution is -0.122. The van der Waals surface area contributed by atoms with Crippen LogP contribution in [0.5, 0.6) is 0 Å².